The van der Waals surface area contributed by atoms with Crippen molar-refractivity contribution < 1.29 is 4.74 Å². The highest BCUT2D eigenvalue weighted by molar-refractivity contribution is 5.82. The Kier molecular flexibility index (Phi) is 2.79. The van der Waals surface area contributed by atoms with Gasteiger partial charge in [-0.15, -0.1) is 0 Å². The Hall–Kier alpha value is -1.97. The van der Waals surface area contributed by atoms with Gasteiger partial charge in [-0.25, -0.2) is 0 Å². The third-order valence-electron chi connectivity index (χ3n) is 3.13. The third-order valence-corrected chi connectivity index (χ3v) is 3.13. The Balaban J connectivity index is 2.77. The summed E-state index contributed by atoms with van der Waals surface area (Å²) in [7, 11) is 1.68. The predicted molar refractivity (Wildman–Crippen MR) is 69.2 cm³/mol. The number of rotatable bonds is 2. The van der Waals surface area contributed by atoms with Crippen molar-refractivity contribution >= 4 is 5.82 Å². The zero-order chi connectivity index (χ0) is 12.6. The molecule has 0 aliphatic heterocycles. The first-order chi connectivity index (χ1) is 8.06. The van der Waals surface area contributed by atoms with Crippen molar-refractivity contribution in [1.29, 1.82) is 0 Å². The van der Waals surface area contributed by atoms with E-state index in [9.17, 15) is 0 Å². The molecule has 1 aromatic carbocycles. The maximum absolute atomic E-state index is 5.88. The van der Waals surface area contributed by atoms with Crippen LogP contribution in [-0.4, -0.2) is 17.3 Å². The monoisotopic (exact) mass is 231 g/mol. The number of aromatic nitrogens is 2. The van der Waals surface area contributed by atoms with Crippen LogP contribution in [0.5, 0.6) is 5.75 Å². The number of methoxy groups -OCH3 is 1. The molecule has 90 valence electrons. The summed E-state index contributed by atoms with van der Waals surface area (Å²) in [6.45, 7) is 6.18. The van der Waals surface area contributed by atoms with Crippen molar-refractivity contribution in [3.63, 3.8) is 0 Å². The Morgan fingerprint density at radius 1 is 1.24 bits per heavy atom. The largest absolute Gasteiger partial charge is 0.496 e. The van der Waals surface area contributed by atoms with Gasteiger partial charge in [-0.2, -0.15) is 5.10 Å². The number of nitrogens with zero attached hydrogens (tertiary/aromatic N) is 1. The predicted octanol–water partition coefficient (Wildman–Crippen LogP) is 2.59. The molecule has 0 saturated carbocycles. The SMILES string of the molecule is COc1c(C)c(C)cc(C)c1-c1cn[nH]c1N. The van der Waals surface area contributed by atoms with Crippen LogP contribution >= 0.6 is 0 Å². The minimum atomic E-state index is 0.564. The fourth-order valence-electron chi connectivity index (χ4n) is 2.14. The van der Waals surface area contributed by atoms with Gasteiger partial charge in [-0.1, -0.05) is 6.07 Å². The smallest absolute Gasteiger partial charge is 0.130 e. The van der Waals surface area contributed by atoms with Crippen molar-refractivity contribution in [2.45, 2.75) is 20.8 Å². The van der Waals surface area contributed by atoms with E-state index in [0.29, 0.717) is 5.82 Å². The molecule has 0 atom stereocenters. The molecule has 0 amide bonds. The van der Waals surface area contributed by atoms with Crippen molar-refractivity contribution in [2.75, 3.05) is 12.8 Å². The first-order valence-corrected chi connectivity index (χ1v) is 5.50. The first-order valence-electron chi connectivity index (χ1n) is 5.50. The average Bonchev–Trinajstić information content (AvgIpc) is 2.69. The van der Waals surface area contributed by atoms with Crippen LogP contribution in [0.4, 0.5) is 5.82 Å². The van der Waals surface area contributed by atoms with E-state index in [4.69, 9.17) is 10.5 Å². The van der Waals surface area contributed by atoms with Gasteiger partial charge in [0.25, 0.3) is 0 Å². The number of hydrogen-bond acceptors (Lipinski definition) is 3. The van der Waals surface area contributed by atoms with Gasteiger partial charge in [0.15, 0.2) is 0 Å². The van der Waals surface area contributed by atoms with E-state index in [1.165, 1.54) is 5.56 Å². The van der Waals surface area contributed by atoms with Crippen LogP contribution in [0, 0.1) is 20.8 Å². The highest BCUT2D eigenvalue weighted by Crippen LogP contribution is 2.39. The van der Waals surface area contributed by atoms with Crippen LogP contribution in [0.15, 0.2) is 12.3 Å². The normalized spacial score (nSPS) is 10.6. The summed E-state index contributed by atoms with van der Waals surface area (Å²) in [6.07, 6.45) is 1.73. The molecule has 2 rings (SSSR count). The molecule has 1 aromatic heterocycles. The van der Waals surface area contributed by atoms with Gasteiger partial charge < -0.3 is 10.5 Å². The van der Waals surface area contributed by atoms with E-state index in [-0.39, 0.29) is 0 Å². The molecule has 0 spiro atoms. The lowest BCUT2D eigenvalue weighted by Crippen LogP contribution is -1.98. The highest BCUT2D eigenvalue weighted by Gasteiger charge is 2.17. The summed E-state index contributed by atoms with van der Waals surface area (Å²) >= 11 is 0. The van der Waals surface area contributed by atoms with Gasteiger partial charge in [-0.3, -0.25) is 5.10 Å². The molecule has 0 unspecified atom stereocenters. The van der Waals surface area contributed by atoms with Crippen molar-refractivity contribution in [2.24, 2.45) is 0 Å². The molecule has 1 heterocycles. The average molecular weight is 231 g/mol. The van der Waals surface area contributed by atoms with E-state index in [2.05, 4.69) is 30.1 Å². The Labute approximate surface area is 101 Å². The summed E-state index contributed by atoms with van der Waals surface area (Å²) in [5.41, 5.74) is 11.3. The van der Waals surface area contributed by atoms with Crippen LogP contribution in [-0.2, 0) is 0 Å². The van der Waals surface area contributed by atoms with Crippen LogP contribution in [0.2, 0.25) is 0 Å². The topological polar surface area (TPSA) is 63.9 Å². The van der Waals surface area contributed by atoms with Crippen LogP contribution in [0.3, 0.4) is 0 Å². The third kappa shape index (κ3) is 1.75. The van der Waals surface area contributed by atoms with Crippen molar-refractivity contribution in [1.82, 2.24) is 10.2 Å². The molecule has 0 saturated heterocycles. The van der Waals surface area contributed by atoms with E-state index in [1.807, 2.05) is 6.92 Å². The summed E-state index contributed by atoms with van der Waals surface area (Å²) in [5, 5.41) is 6.71. The molecule has 0 aliphatic carbocycles. The van der Waals surface area contributed by atoms with E-state index in [0.717, 1.165) is 28.0 Å². The second-order valence-electron chi connectivity index (χ2n) is 4.24. The molecule has 0 radical (unpaired) electrons. The van der Waals surface area contributed by atoms with Crippen LogP contribution in [0.25, 0.3) is 11.1 Å². The number of anilines is 1. The molecule has 2 aromatic rings. The zero-order valence-corrected chi connectivity index (χ0v) is 10.6. The number of aromatic amines is 1. The standard InChI is InChI=1S/C13H17N3O/c1-7-5-8(2)11(12(17-4)9(7)3)10-6-15-16-13(10)14/h5-6H,1-4H3,(H3,14,15,16). The molecule has 0 fully saturated rings. The molecule has 4 nitrogen and oxygen atoms in total. The minimum Gasteiger partial charge on any atom is -0.496 e. The maximum Gasteiger partial charge on any atom is 0.130 e. The van der Waals surface area contributed by atoms with Gasteiger partial charge in [0.2, 0.25) is 0 Å². The zero-order valence-electron chi connectivity index (χ0n) is 10.6. The van der Waals surface area contributed by atoms with Gasteiger partial charge in [0, 0.05) is 11.1 Å². The lowest BCUT2D eigenvalue weighted by molar-refractivity contribution is 0.412. The molecular weight excluding hydrogens is 214 g/mol. The number of aryl methyl sites for hydroxylation is 2. The first kappa shape index (κ1) is 11.5. The fraction of sp³-hybridized carbons (Fsp3) is 0.308. The number of hydrogen-bond donors (Lipinski definition) is 2. The van der Waals surface area contributed by atoms with E-state index in [1.54, 1.807) is 13.3 Å². The molecule has 3 N–H and O–H groups in total. The summed E-state index contributed by atoms with van der Waals surface area (Å²) in [6, 6.07) is 2.14. The number of nitrogen functional groups attached to an aromatic ring is 1. The number of benzene rings is 1. The maximum atomic E-state index is 5.88. The second kappa shape index (κ2) is 4.13. The molecule has 4 heteroatoms. The van der Waals surface area contributed by atoms with Gasteiger partial charge in [0.05, 0.1) is 13.3 Å². The van der Waals surface area contributed by atoms with Gasteiger partial charge >= 0.3 is 0 Å². The molecule has 0 bridgehead atoms. The second-order valence-corrected chi connectivity index (χ2v) is 4.24. The van der Waals surface area contributed by atoms with Crippen molar-refractivity contribution in [3.05, 3.63) is 29.0 Å². The Bertz CT molecular complexity index is 558. The summed E-state index contributed by atoms with van der Waals surface area (Å²) in [5.74, 6) is 1.44. The summed E-state index contributed by atoms with van der Waals surface area (Å²) in [4.78, 5) is 0. The number of H-pyrrole nitrogens is 1. The molecule has 17 heavy (non-hydrogen) atoms. The molecular formula is C13H17N3O. The lowest BCUT2D eigenvalue weighted by Gasteiger charge is -2.16. The number of nitrogens with two attached hydrogens (primary N) is 1. The Morgan fingerprint density at radius 2 is 1.94 bits per heavy atom. The summed E-state index contributed by atoms with van der Waals surface area (Å²) < 4.78 is 5.52. The van der Waals surface area contributed by atoms with Gasteiger partial charge in [-0.05, 0) is 37.5 Å². The lowest BCUT2D eigenvalue weighted by atomic mass is 9.95. The number of ether oxygens (including phenoxy) is 1. The van der Waals surface area contributed by atoms with Crippen LogP contribution < -0.4 is 10.5 Å². The quantitative estimate of drug-likeness (QED) is 0.835. The Morgan fingerprint density at radius 3 is 2.47 bits per heavy atom. The van der Waals surface area contributed by atoms with E-state index < -0.39 is 0 Å². The minimum absolute atomic E-state index is 0.564. The fourth-order valence-corrected chi connectivity index (χ4v) is 2.14. The van der Waals surface area contributed by atoms with Gasteiger partial charge in [0.1, 0.15) is 11.6 Å². The molecule has 0 aliphatic rings. The van der Waals surface area contributed by atoms with Crippen molar-refractivity contribution in [3.8, 4) is 16.9 Å². The van der Waals surface area contributed by atoms with Crippen LogP contribution in [0.1, 0.15) is 16.7 Å². The number of nitrogens with one attached hydrogen (secondary N) is 1. The highest BCUT2D eigenvalue weighted by atomic mass is 16.5. The van der Waals surface area contributed by atoms with E-state index >= 15 is 0 Å².